The van der Waals surface area contributed by atoms with Crippen molar-refractivity contribution >= 4 is 74.1 Å². The Labute approximate surface area is 210 Å². The van der Waals surface area contributed by atoms with Crippen LogP contribution in [0.5, 0.6) is 0 Å². The summed E-state index contributed by atoms with van der Waals surface area (Å²) in [5.41, 5.74) is 3.58. The summed E-state index contributed by atoms with van der Waals surface area (Å²) in [7, 11) is 9.87. The Hall–Kier alpha value is -0.897. The van der Waals surface area contributed by atoms with Crippen LogP contribution in [-0.2, 0) is 39.1 Å². The van der Waals surface area contributed by atoms with E-state index >= 15 is 0 Å². The maximum absolute atomic E-state index is 5.60. The zero-order valence-electron chi connectivity index (χ0n) is 15.6. The molecule has 0 amide bonds. The van der Waals surface area contributed by atoms with Crippen LogP contribution in [0.3, 0.4) is 0 Å². The molecule has 0 fully saturated rings. The minimum absolute atomic E-state index is 0. The Bertz CT molecular complexity index is 1170. The fourth-order valence-corrected chi connectivity index (χ4v) is 4.12. The molecule has 6 heteroatoms. The molecular formula is C24H16BrCl2OSZr-3. The molecule has 0 N–H and O–H groups in total. The van der Waals surface area contributed by atoms with Gasteiger partial charge >= 0.3 is 37.9 Å². The van der Waals surface area contributed by atoms with Crippen LogP contribution in [0.4, 0.5) is 0 Å². The van der Waals surface area contributed by atoms with E-state index in [-0.39, 0.29) is 19.6 Å². The van der Waals surface area contributed by atoms with Crippen molar-refractivity contribution in [3.63, 3.8) is 0 Å². The molecule has 30 heavy (non-hydrogen) atoms. The van der Waals surface area contributed by atoms with Gasteiger partial charge in [0.15, 0.2) is 4.67 Å². The maximum atomic E-state index is 5.60. The molecule has 0 bridgehead atoms. The van der Waals surface area contributed by atoms with E-state index in [4.69, 9.17) is 21.8 Å². The molecule has 1 atom stereocenters. The fraction of sp³-hybridized carbons (Fsp3) is 0.0417. The third-order valence-electron chi connectivity index (χ3n) is 4.85. The van der Waals surface area contributed by atoms with Gasteiger partial charge in [-0.2, -0.15) is 0 Å². The SMILES string of the molecule is BrC1=CC2=Cc3[c-]cccc3C2O1.[Cl][Zr][Cl].[SH-].c1ccc2c(c1)[cH-]c1ccccc12. The average molecular weight is 594 g/mol. The summed E-state index contributed by atoms with van der Waals surface area (Å²) in [5, 5.41) is 5.39. The van der Waals surface area contributed by atoms with E-state index < -0.39 is 20.8 Å². The Kier molecular flexibility index (Phi) is 8.80. The number of ether oxygens (including phenoxy) is 1. The smallest absolute Gasteiger partial charge is 0.0771 e. The van der Waals surface area contributed by atoms with Gasteiger partial charge in [0, 0.05) is 0 Å². The summed E-state index contributed by atoms with van der Waals surface area (Å²) in [4.78, 5) is 0. The van der Waals surface area contributed by atoms with Crippen LogP contribution < -0.4 is 0 Å². The van der Waals surface area contributed by atoms with Crippen LogP contribution in [0.1, 0.15) is 17.2 Å². The van der Waals surface area contributed by atoms with Crippen molar-refractivity contribution in [1.82, 2.24) is 0 Å². The first kappa shape index (κ1) is 23.8. The van der Waals surface area contributed by atoms with Crippen molar-refractivity contribution in [3.8, 4) is 0 Å². The first-order chi connectivity index (χ1) is 14.2. The third-order valence-corrected chi connectivity index (χ3v) is 5.27. The molecular weight excluding hydrogens is 578 g/mol. The van der Waals surface area contributed by atoms with Gasteiger partial charge in [0.05, 0.1) is 0 Å². The number of fused-ring (bicyclic) bond motifs is 6. The first-order valence-corrected chi connectivity index (χ1v) is 16.1. The molecule has 0 saturated carbocycles. The van der Waals surface area contributed by atoms with E-state index in [0.717, 1.165) is 10.2 Å². The van der Waals surface area contributed by atoms with Crippen molar-refractivity contribution in [3.05, 3.63) is 106 Å². The second kappa shape index (κ2) is 11.1. The van der Waals surface area contributed by atoms with Gasteiger partial charge in [-0.3, -0.25) is 0 Å². The van der Waals surface area contributed by atoms with Crippen LogP contribution >= 0.6 is 33.0 Å². The third kappa shape index (κ3) is 5.11. The molecule has 0 saturated heterocycles. The van der Waals surface area contributed by atoms with Gasteiger partial charge in [0.1, 0.15) is 6.10 Å². The zero-order valence-corrected chi connectivity index (χ0v) is 22.1. The van der Waals surface area contributed by atoms with E-state index in [1.54, 1.807) is 0 Å². The molecule has 1 nitrogen and oxygen atoms in total. The normalized spacial score (nSPS) is 15.2. The van der Waals surface area contributed by atoms with Crippen LogP contribution in [0.15, 0.2) is 89.1 Å². The van der Waals surface area contributed by atoms with Crippen molar-refractivity contribution in [2.45, 2.75) is 6.10 Å². The summed E-state index contributed by atoms with van der Waals surface area (Å²) in [5.74, 6) is 0. The molecule has 0 aromatic heterocycles. The summed E-state index contributed by atoms with van der Waals surface area (Å²) in [6.45, 7) is 0. The van der Waals surface area contributed by atoms with Gasteiger partial charge in [-0.1, -0.05) is 42.0 Å². The number of halogens is 3. The summed E-state index contributed by atoms with van der Waals surface area (Å²) < 4.78 is 6.42. The van der Waals surface area contributed by atoms with Crippen molar-refractivity contribution < 1.29 is 25.6 Å². The summed E-state index contributed by atoms with van der Waals surface area (Å²) >= 11 is 2.51. The Morgan fingerprint density at radius 3 is 2.13 bits per heavy atom. The quantitative estimate of drug-likeness (QED) is 0.116. The monoisotopic (exact) mass is 591 g/mol. The number of hydrogen-bond acceptors (Lipinski definition) is 2. The molecule has 1 unspecified atom stereocenters. The van der Waals surface area contributed by atoms with Gasteiger partial charge in [-0.25, -0.2) is 0 Å². The molecule has 1 heterocycles. The zero-order chi connectivity index (χ0) is 20.2. The molecule has 152 valence electrons. The largest absolute Gasteiger partial charge is 0.813 e. The number of hydrogen-bond donors (Lipinski definition) is 0. The van der Waals surface area contributed by atoms with Crippen LogP contribution in [-0.4, -0.2) is 0 Å². The fourth-order valence-electron chi connectivity index (χ4n) is 3.67. The van der Waals surface area contributed by atoms with Crippen LogP contribution in [0.25, 0.3) is 27.6 Å². The van der Waals surface area contributed by atoms with E-state index in [1.807, 2.05) is 18.2 Å². The predicted molar refractivity (Wildman–Crippen MR) is 132 cm³/mol. The Morgan fingerprint density at radius 2 is 1.50 bits per heavy atom. The standard InChI is InChI=1S/C13H9.C11H6BrO.2ClH.H2S.Zr/c1-3-7-12-10(5-1)9-11-6-2-4-8-13(11)12;12-10-6-8-5-7-3-1-2-4-9(7)11(8)13-10;;;;/h1-9H;1-2,4-6,11H;2*1H;1H2;/q2*-1;;;;+2/p-3. The average Bonchev–Trinajstić information content (AvgIpc) is 3.39. The topological polar surface area (TPSA) is 9.23 Å². The van der Waals surface area contributed by atoms with Gasteiger partial charge in [-0.15, -0.1) is 75.6 Å². The summed E-state index contributed by atoms with van der Waals surface area (Å²) in [6.07, 6.45) is 4.23. The van der Waals surface area contributed by atoms with E-state index in [1.165, 1.54) is 32.7 Å². The Morgan fingerprint density at radius 1 is 0.900 bits per heavy atom. The second-order valence-electron chi connectivity index (χ2n) is 6.52. The summed E-state index contributed by atoms with van der Waals surface area (Å²) in [6, 6.07) is 28.5. The van der Waals surface area contributed by atoms with Crippen molar-refractivity contribution in [1.29, 1.82) is 0 Å². The number of benzene rings is 3. The molecule has 0 radical (unpaired) electrons. The van der Waals surface area contributed by atoms with E-state index in [0.29, 0.717) is 0 Å². The van der Waals surface area contributed by atoms with E-state index in [9.17, 15) is 0 Å². The van der Waals surface area contributed by atoms with Crippen molar-refractivity contribution in [2.75, 3.05) is 0 Å². The van der Waals surface area contributed by atoms with E-state index in [2.05, 4.69) is 88.7 Å². The minimum Gasteiger partial charge on any atom is -0.813 e. The Balaban J connectivity index is 0.000000147. The van der Waals surface area contributed by atoms with Gasteiger partial charge < -0.3 is 18.2 Å². The van der Waals surface area contributed by atoms with Crippen LogP contribution in [0, 0.1) is 6.07 Å². The van der Waals surface area contributed by atoms with Gasteiger partial charge in [-0.05, 0) is 27.6 Å². The van der Waals surface area contributed by atoms with Gasteiger partial charge in [0.25, 0.3) is 0 Å². The molecule has 4 aromatic carbocycles. The molecule has 2 aliphatic rings. The molecule has 1 aliphatic heterocycles. The molecule has 4 aromatic rings. The molecule has 1 aliphatic carbocycles. The van der Waals surface area contributed by atoms with Gasteiger partial charge in [0.2, 0.25) is 0 Å². The molecule has 6 rings (SSSR count). The predicted octanol–water partition coefficient (Wildman–Crippen LogP) is 8.01. The van der Waals surface area contributed by atoms with Crippen molar-refractivity contribution in [2.24, 2.45) is 0 Å². The number of thiol groups is 1. The first-order valence-electron chi connectivity index (χ1n) is 8.96. The molecule has 0 spiro atoms. The number of rotatable bonds is 0. The minimum atomic E-state index is -0.826. The van der Waals surface area contributed by atoms with Crippen LogP contribution in [0.2, 0.25) is 0 Å². The maximum Gasteiger partial charge on any atom is -0.0771 e. The second-order valence-corrected chi connectivity index (χ2v) is 11.0.